The molecule has 0 saturated heterocycles. The molecule has 0 bridgehead atoms. The molecular formula is C12H15N. The molecule has 68 valence electrons. The molecule has 0 heterocycles. The van der Waals surface area contributed by atoms with Crippen molar-refractivity contribution < 1.29 is 0 Å². The standard InChI is InChI=1S/C12H15N/c13-12-9-5-4-8-11(12)10-6-2-1-3-7-10/h1-7,11-12H,8-9,13H2. The van der Waals surface area contributed by atoms with Crippen LogP contribution in [0.1, 0.15) is 24.3 Å². The normalized spacial score (nSPS) is 27.5. The molecule has 1 aromatic rings. The van der Waals surface area contributed by atoms with Crippen LogP contribution in [0.2, 0.25) is 0 Å². The zero-order valence-corrected chi connectivity index (χ0v) is 7.69. The Labute approximate surface area is 79.3 Å². The van der Waals surface area contributed by atoms with Crippen LogP contribution < -0.4 is 5.73 Å². The van der Waals surface area contributed by atoms with E-state index in [1.54, 1.807) is 0 Å². The number of benzene rings is 1. The summed E-state index contributed by atoms with van der Waals surface area (Å²) in [6.07, 6.45) is 6.52. The van der Waals surface area contributed by atoms with Crippen molar-refractivity contribution in [1.29, 1.82) is 0 Å². The lowest BCUT2D eigenvalue weighted by Gasteiger charge is -2.25. The molecule has 0 aliphatic heterocycles. The monoisotopic (exact) mass is 173 g/mol. The number of rotatable bonds is 1. The Morgan fingerprint density at radius 3 is 2.38 bits per heavy atom. The molecule has 2 unspecified atom stereocenters. The van der Waals surface area contributed by atoms with E-state index in [4.69, 9.17) is 5.73 Å². The van der Waals surface area contributed by atoms with E-state index >= 15 is 0 Å². The van der Waals surface area contributed by atoms with E-state index in [1.807, 2.05) is 6.07 Å². The predicted octanol–water partition coefficient (Wildman–Crippen LogP) is 2.45. The molecule has 1 aliphatic carbocycles. The van der Waals surface area contributed by atoms with Gasteiger partial charge in [-0.3, -0.25) is 0 Å². The smallest absolute Gasteiger partial charge is 0.0145 e. The lowest BCUT2D eigenvalue weighted by Crippen LogP contribution is -2.29. The summed E-state index contributed by atoms with van der Waals surface area (Å²) in [5.74, 6) is 0.520. The van der Waals surface area contributed by atoms with E-state index in [0.717, 1.165) is 12.8 Å². The summed E-state index contributed by atoms with van der Waals surface area (Å²) in [4.78, 5) is 0. The van der Waals surface area contributed by atoms with Gasteiger partial charge in [-0.05, 0) is 18.4 Å². The fourth-order valence-electron chi connectivity index (χ4n) is 1.92. The van der Waals surface area contributed by atoms with Crippen LogP contribution in [0.25, 0.3) is 0 Å². The number of allylic oxidation sites excluding steroid dienone is 1. The first-order valence-electron chi connectivity index (χ1n) is 4.83. The first-order valence-corrected chi connectivity index (χ1v) is 4.83. The summed E-state index contributed by atoms with van der Waals surface area (Å²) in [5.41, 5.74) is 7.43. The Morgan fingerprint density at radius 1 is 1.00 bits per heavy atom. The number of hydrogen-bond acceptors (Lipinski definition) is 1. The average Bonchev–Trinajstić information content (AvgIpc) is 2.20. The zero-order valence-electron chi connectivity index (χ0n) is 7.69. The second-order valence-electron chi connectivity index (χ2n) is 3.62. The summed E-state index contributed by atoms with van der Waals surface area (Å²) in [7, 11) is 0. The lowest BCUT2D eigenvalue weighted by molar-refractivity contribution is 0.521. The number of hydrogen-bond donors (Lipinski definition) is 1. The number of nitrogens with two attached hydrogens (primary N) is 1. The van der Waals surface area contributed by atoms with Crippen LogP contribution in [0.4, 0.5) is 0 Å². The molecule has 1 aliphatic rings. The molecule has 0 aromatic heterocycles. The van der Waals surface area contributed by atoms with Gasteiger partial charge >= 0.3 is 0 Å². The SMILES string of the molecule is NC1CC=CCC1c1ccccc1. The Balaban J connectivity index is 2.21. The molecule has 2 atom stereocenters. The van der Waals surface area contributed by atoms with E-state index in [9.17, 15) is 0 Å². The molecule has 13 heavy (non-hydrogen) atoms. The van der Waals surface area contributed by atoms with Crippen molar-refractivity contribution in [3.8, 4) is 0 Å². The Bertz CT molecular complexity index is 289. The minimum absolute atomic E-state index is 0.299. The summed E-state index contributed by atoms with van der Waals surface area (Å²) in [6.45, 7) is 0. The quantitative estimate of drug-likeness (QED) is 0.648. The molecule has 0 amide bonds. The Kier molecular flexibility index (Phi) is 2.46. The summed E-state index contributed by atoms with van der Waals surface area (Å²) in [6, 6.07) is 10.9. The van der Waals surface area contributed by atoms with Crippen molar-refractivity contribution in [1.82, 2.24) is 0 Å². The van der Waals surface area contributed by atoms with Crippen molar-refractivity contribution in [3.63, 3.8) is 0 Å². The molecule has 0 radical (unpaired) electrons. The fourth-order valence-corrected chi connectivity index (χ4v) is 1.92. The van der Waals surface area contributed by atoms with E-state index in [-0.39, 0.29) is 0 Å². The predicted molar refractivity (Wildman–Crippen MR) is 55.5 cm³/mol. The van der Waals surface area contributed by atoms with Crippen LogP contribution in [-0.4, -0.2) is 6.04 Å². The summed E-state index contributed by atoms with van der Waals surface area (Å²) < 4.78 is 0. The third-order valence-corrected chi connectivity index (χ3v) is 2.71. The first kappa shape index (κ1) is 8.52. The van der Waals surface area contributed by atoms with Gasteiger partial charge in [0.1, 0.15) is 0 Å². The largest absolute Gasteiger partial charge is 0.327 e. The summed E-state index contributed by atoms with van der Waals surface area (Å²) >= 11 is 0. The Morgan fingerprint density at radius 2 is 1.69 bits per heavy atom. The van der Waals surface area contributed by atoms with Gasteiger partial charge in [-0.2, -0.15) is 0 Å². The molecular weight excluding hydrogens is 158 g/mol. The van der Waals surface area contributed by atoms with Gasteiger partial charge in [-0.1, -0.05) is 42.5 Å². The highest BCUT2D eigenvalue weighted by molar-refractivity contribution is 5.23. The van der Waals surface area contributed by atoms with Crippen LogP contribution in [0.5, 0.6) is 0 Å². The maximum atomic E-state index is 6.06. The van der Waals surface area contributed by atoms with E-state index in [1.165, 1.54) is 5.56 Å². The van der Waals surface area contributed by atoms with Gasteiger partial charge in [-0.15, -0.1) is 0 Å². The van der Waals surface area contributed by atoms with Crippen molar-refractivity contribution in [2.75, 3.05) is 0 Å². The maximum absolute atomic E-state index is 6.06. The fraction of sp³-hybridized carbons (Fsp3) is 0.333. The molecule has 0 spiro atoms. The highest BCUT2D eigenvalue weighted by atomic mass is 14.6. The van der Waals surface area contributed by atoms with Gasteiger partial charge in [0.25, 0.3) is 0 Å². The van der Waals surface area contributed by atoms with Gasteiger partial charge in [0.2, 0.25) is 0 Å². The second kappa shape index (κ2) is 3.75. The molecule has 2 rings (SSSR count). The Hall–Kier alpha value is -1.08. The van der Waals surface area contributed by atoms with Crippen molar-refractivity contribution in [2.24, 2.45) is 5.73 Å². The minimum Gasteiger partial charge on any atom is -0.327 e. The average molecular weight is 173 g/mol. The molecule has 1 heteroatoms. The minimum atomic E-state index is 0.299. The second-order valence-corrected chi connectivity index (χ2v) is 3.62. The van der Waals surface area contributed by atoms with Crippen LogP contribution in [0.15, 0.2) is 42.5 Å². The summed E-state index contributed by atoms with van der Waals surface area (Å²) in [5, 5.41) is 0. The van der Waals surface area contributed by atoms with Gasteiger partial charge in [0.15, 0.2) is 0 Å². The van der Waals surface area contributed by atoms with Crippen molar-refractivity contribution >= 4 is 0 Å². The van der Waals surface area contributed by atoms with Gasteiger partial charge in [-0.25, -0.2) is 0 Å². The van der Waals surface area contributed by atoms with Gasteiger partial charge in [0.05, 0.1) is 0 Å². The maximum Gasteiger partial charge on any atom is 0.0145 e. The molecule has 1 aromatic carbocycles. The molecule has 1 nitrogen and oxygen atoms in total. The van der Waals surface area contributed by atoms with Crippen LogP contribution in [-0.2, 0) is 0 Å². The molecule has 0 fully saturated rings. The zero-order chi connectivity index (χ0) is 9.10. The van der Waals surface area contributed by atoms with Gasteiger partial charge in [0, 0.05) is 12.0 Å². The van der Waals surface area contributed by atoms with Crippen LogP contribution in [0, 0.1) is 0 Å². The van der Waals surface area contributed by atoms with Crippen molar-refractivity contribution in [2.45, 2.75) is 24.8 Å². The third kappa shape index (κ3) is 1.81. The third-order valence-electron chi connectivity index (χ3n) is 2.71. The first-order chi connectivity index (χ1) is 6.38. The molecule has 0 saturated carbocycles. The van der Waals surface area contributed by atoms with Crippen LogP contribution >= 0.6 is 0 Å². The van der Waals surface area contributed by atoms with E-state index in [0.29, 0.717) is 12.0 Å². The van der Waals surface area contributed by atoms with Crippen LogP contribution in [0.3, 0.4) is 0 Å². The molecule has 2 N–H and O–H groups in total. The van der Waals surface area contributed by atoms with Gasteiger partial charge < -0.3 is 5.73 Å². The lowest BCUT2D eigenvalue weighted by atomic mass is 9.84. The van der Waals surface area contributed by atoms with E-state index < -0.39 is 0 Å². The topological polar surface area (TPSA) is 26.0 Å². The highest BCUT2D eigenvalue weighted by Crippen LogP contribution is 2.27. The van der Waals surface area contributed by atoms with Crippen molar-refractivity contribution in [3.05, 3.63) is 48.0 Å². The highest BCUT2D eigenvalue weighted by Gasteiger charge is 2.19. The van der Waals surface area contributed by atoms with E-state index in [2.05, 4.69) is 36.4 Å².